The SMILES string of the molecule is CCCC1(C(=O)N2CC(CO)OCC2C)CCCN1. The summed E-state index contributed by atoms with van der Waals surface area (Å²) in [4.78, 5) is 14.8. The van der Waals surface area contributed by atoms with E-state index in [0.29, 0.717) is 13.2 Å². The molecule has 0 aromatic heterocycles. The Hall–Kier alpha value is -0.650. The zero-order valence-corrected chi connectivity index (χ0v) is 12.0. The van der Waals surface area contributed by atoms with Crippen molar-refractivity contribution >= 4 is 5.91 Å². The molecule has 0 bridgehead atoms. The third-order valence-corrected chi connectivity index (χ3v) is 4.30. The third kappa shape index (κ3) is 2.93. The van der Waals surface area contributed by atoms with Crippen LogP contribution in [-0.2, 0) is 9.53 Å². The normalized spacial score (nSPS) is 35.6. The molecular weight excluding hydrogens is 244 g/mol. The summed E-state index contributed by atoms with van der Waals surface area (Å²) in [5.74, 6) is 0.195. The Morgan fingerprint density at radius 3 is 2.95 bits per heavy atom. The van der Waals surface area contributed by atoms with Gasteiger partial charge < -0.3 is 20.1 Å². The lowest BCUT2D eigenvalue weighted by molar-refractivity contribution is -0.153. The molecule has 19 heavy (non-hydrogen) atoms. The van der Waals surface area contributed by atoms with E-state index in [2.05, 4.69) is 12.2 Å². The van der Waals surface area contributed by atoms with Gasteiger partial charge in [0.25, 0.3) is 0 Å². The van der Waals surface area contributed by atoms with Gasteiger partial charge in [-0.25, -0.2) is 0 Å². The number of aliphatic hydroxyl groups is 1. The first kappa shape index (κ1) is 14.8. The van der Waals surface area contributed by atoms with Crippen LogP contribution >= 0.6 is 0 Å². The molecule has 110 valence electrons. The van der Waals surface area contributed by atoms with Crippen LogP contribution in [0.5, 0.6) is 0 Å². The van der Waals surface area contributed by atoms with Crippen LogP contribution in [0.3, 0.4) is 0 Å². The minimum absolute atomic E-state index is 0.0231. The number of nitrogens with one attached hydrogen (secondary N) is 1. The van der Waals surface area contributed by atoms with Crippen LogP contribution in [-0.4, -0.2) is 59.9 Å². The Morgan fingerprint density at radius 1 is 1.58 bits per heavy atom. The van der Waals surface area contributed by atoms with Crippen molar-refractivity contribution in [3.8, 4) is 0 Å². The second kappa shape index (κ2) is 6.20. The average Bonchev–Trinajstić information content (AvgIpc) is 2.89. The van der Waals surface area contributed by atoms with Crippen LogP contribution in [0.15, 0.2) is 0 Å². The topological polar surface area (TPSA) is 61.8 Å². The van der Waals surface area contributed by atoms with Crippen molar-refractivity contribution in [2.45, 2.75) is 57.2 Å². The largest absolute Gasteiger partial charge is 0.394 e. The van der Waals surface area contributed by atoms with Crippen LogP contribution in [0.1, 0.15) is 39.5 Å². The smallest absolute Gasteiger partial charge is 0.243 e. The summed E-state index contributed by atoms with van der Waals surface area (Å²) in [5.41, 5.74) is -0.375. The lowest BCUT2D eigenvalue weighted by atomic mass is 9.89. The van der Waals surface area contributed by atoms with E-state index >= 15 is 0 Å². The zero-order valence-electron chi connectivity index (χ0n) is 12.0. The second-order valence-electron chi connectivity index (χ2n) is 5.81. The van der Waals surface area contributed by atoms with Crippen LogP contribution in [0, 0.1) is 0 Å². The van der Waals surface area contributed by atoms with E-state index in [1.165, 1.54) is 0 Å². The lowest BCUT2D eigenvalue weighted by Crippen LogP contribution is -2.61. The molecule has 0 aromatic carbocycles. The van der Waals surface area contributed by atoms with Crippen molar-refractivity contribution < 1.29 is 14.6 Å². The Balaban J connectivity index is 2.11. The number of carbonyl (C=O) groups is 1. The monoisotopic (exact) mass is 270 g/mol. The van der Waals surface area contributed by atoms with E-state index in [4.69, 9.17) is 4.74 Å². The van der Waals surface area contributed by atoms with Crippen molar-refractivity contribution in [2.75, 3.05) is 26.3 Å². The minimum atomic E-state index is -0.375. The molecule has 2 heterocycles. The van der Waals surface area contributed by atoms with Gasteiger partial charge in [-0.2, -0.15) is 0 Å². The molecule has 1 amide bonds. The standard InChI is InChI=1S/C14H26N2O3/c1-3-5-14(6-4-7-15-14)13(18)16-8-12(9-17)19-10-11(16)2/h11-12,15,17H,3-10H2,1-2H3. The first-order valence-electron chi connectivity index (χ1n) is 7.41. The van der Waals surface area contributed by atoms with E-state index < -0.39 is 0 Å². The van der Waals surface area contributed by atoms with Crippen LogP contribution in [0.25, 0.3) is 0 Å². The Labute approximate surface area is 115 Å². The van der Waals surface area contributed by atoms with Crippen molar-refractivity contribution in [1.82, 2.24) is 10.2 Å². The van der Waals surface area contributed by atoms with Crippen LogP contribution in [0.4, 0.5) is 0 Å². The van der Waals surface area contributed by atoms with Gasteiger partial charge in [0.2, 0.25) is 5.91 Å². The van der Waals surface area contributed by atoms with E-state index in [0.717, 1.165) is 32.2 Å². The van der Waals surface area contributed by atoms with Gasteiger partial charge in [-0.15, -0.1) is 0 Å². The molecule has 5 nitrogen and oxygen atoms in total. The molecule has 0 saturated carbocycles. The molecule has 2 saturated heterocycles. The summed E-state index contributed by atoms with van der Waals surface area (Å²) in [6.45, 7) is 6.05. The molecule has 3 unspecified atom stereocenters. The van der Waals surface area contributed by atoms with E-state index in [1.807, 2.05) is 11.8 Å². The highest BCUT2D eigenvalue weighted by Crippen LogP contribution is 2.29. The Bertz CT molecular complexity index is 316. The Kier molecular flexibility index (Phi) is 4.81. The van der Waals surface area contributed by atoms with Gasteiger partial charge in [-0.3, -0.25) is 4.79 Å². The number of hydrogen-bond donors (Lipinski definition) is 2. The number of amides is 1. The summed E-state index contributed by atoms with van der Waals surface area (Å²) < 4.78 is 5.51. The summed E-state index contributed by atoms with van der Waals surface area (Å²) >= 11 is 0. The molecule has 2 aliphatic heterocycles. The first-order chi connectivity index (χ1) is 9.13. The van der Waals surface area contributed by atoms with Gasteiger partial charge in [-0.05, 0) is 32.7 Å². The van der Waals surface area contributed by atoms with Crippen LogP contribution in [0.2, 0.25) is 0 Å². The summed E-state index contributed by atoms with van der Waals surface area (Å²) in [7, 11) is 0. The van der Waals surface area contributed by atoms with Gasteiger partial charge in [-0.1, -0.05) is 13.3 Å². The molecule has 2 rings (SSSR count). The number of ether oxygens (including phenoxy) is 1. The number of nitrogens with zero attached hydrogens (tertiary/aromatic N) is 1. The maximum Gasteiger partial charge on any atom is 0.243 e. The molecule has 0 aromatic rings. The van der Waals surface area contributed by atoms with Crippen molar-refractivity contribution in [2.24, 2.45) is 0 Å². The molecule has 3 atom stereocenters. The van der Waals surface area contributed by atoms with E-state index in [9.17, 15) is 9.90 Å². The van der Waals surface area contributed by atoms with Gasteiger partial charge in [0.1, 0.15) is 0 Å². The van der Waals surface area contributed by atoms with Gasteiger partial charge in [0, 0.05) is 6.54 Å². The molecule has 0 radical (unpaired) electrons. The third-order valence-electron chi connectivity index (χ3n) is 4.30. The van der Waals surface area contributed by atoms with E-state index in [-0.39, 0.29) is 30.2 Å². The van der Waals surface area contributed by atoms with Gasteiger partial charge in [0.05, 0.1) is 30.9 Å². The van der Waals surface area contributed by atoms with E-state index in [1.54, 1.807) is 0 Å². The summed E-state index contributed by atoms with van der Waals surface area (Å²) in [5, 5.41) is 12.7. The first-order valence-corrected chi connectivity index (χ1v) is 7.41. The minimum Gasteiger partial charge on any atom is -0.394 e. The highest BCUT2D eigenvalue weighted by Gasteiger charge is 2.44. The van der Waals surface area contributed by atoms with Crippen molar-refractivity contribution in [3.05, 3.63) is 0 Å². The summed E-state index contributed by atoms with van der Waals surface area (Å²) in [6, 6.07) is 0.0893. The molecule has 2 fully saturated rings. The molecule has 0 spiro atoms. The number of hydrogen-bond acceptors (Lipinski definition) is 4. The molecular formula is C14H26N2O3. The number of rotatable bonds is 4. The fourth-order valence-corrected chi connectivity index (χ4v) is 3.22. The number of morpholine rings is 1. The maximum absolute atomic E-state index is 12.9. The van der Waals surface area contributed by atoms with Crippen molar-refractivity contribution in [3.63, 3.8) is 0 Å². The second-order valence-corrected chi connectivity index (χ2v) is 5.81. The number of aliphatic hydroxyl groups excluding tert-OH is 1. The Morgan fingerprint density at radius 2 is 2.37 bits per heavy atom. The molecule has 0 aliphatic carbocycles. The van der Waals surface area contributed by atoms with Crippen molar-refractivity contribution in [1.29, 1.82) is 0 Å². The fourth-order valence-electron chi connectivity index (χ4n) is 3.22. The van der Waals surface area contributed by atoms with Gasteiger partial charge >= 0.3 is 0 Å². The average molecular weight is 270 g/mol. The predicted molar refractivity (Wildman–Crippen MR) is 72.9 cm³/mol. The highest BCUT2D eigenvalue weighted by atomic mass is 16.5. The van der Waals surface area contributed by atoms with Gasteiger partial charge in [0.15, 0.2) is 0 Å². The molecule has 5 heteroatoms. The fraction of sp³-hybridized carbons (Fsp3) is 0.929. The zero-order chi connectivity index (χ0) is 13.9. The molecule has 2 aliphatic rings. The maximum atomic E-state index is 12.9. The predicted octanol–water partition coefficient (Wildman–Crippen LogP) is 0.517. The quantitative estimate of drug-likeness (QED) is 0.782. The lowest BCUT2D eigenvalue weighted by Gasteiger charge is -2.42. The highest BCUT2D eigenvalue weighted by molar-refractivity contribution is 5.87. The summed E-state index contributed by atoms with van der Waals surface area (Å²) in [6.07, 6.45) is 3.64. The molecule has 2 N–H and O–H groups in total. The van der Waals surface area contributed by atoms with Crippen LogP contribution < -0.4 is 5.32 Å². The number of carbonyl (C=O) groups excluding carboxylic acids is 1.